The minimum Gasteiger partial charge on any atom is -0.455 e. The van der Waals surface area contributed by atoms with E-state index in [4.69, 9.17) is 16.3 Å². The number of hydrogen-bond acceptors (Lipinski definition) is 6. The molecule has 0 saturated carbocycles. The molecule has 0 aliphatic rings. The summed E-state index contributed by atoms with van der Waals surface area (Å²) in [6.45, 7) is 0. The van der Waals surface area contributed by atoms with E-state index in [2.05, 4.69) is 19.9 Å². The van der Waals surface area contributed by atoms with Crippen molar-refractivity contribution in [2.75, 3.05) is 4.72 Å². The van der Waals surface area contributed by atoms with Gasteiger partial charge in [0, 0.05) is 28.8 Å². The molecule has 2 heterocycles. The minimum atomic E-state index is -4.61. The third kappa shape index (κ3) is 4.94. The van der Waals surface area contributed by atoms with Crippen molar-refractivity contribution < 1.29 is 30.7 Å². The molecule has 2 N–H and O–H groups in total. The van der Waals surface area contributed by atoms with Gasteiger partial charge in [-0.15, -0.1) is 11.3 Å². The number of H-pyrrole nitrogens is 1. The van der Waals surface area contributed by atoms with Crippen LogP contribution in [0.15, 0.2) is 58.5 Å². The topological polar surface area (TPSA) is 97.0 Å². The minimum absolute atomic E-state index is 0.00496. The number of aromatic amines is 1. The molecule has 0 fully saturated rings. The number of aromatic nitrogens is 3. The summed E-state index contributed by atoms with van der Waals surface area (Å²) in [4.78, 5) is 3.02. The van der Waals surface area contributed by atoms with Gasteiger partial charge in [0.1, 0.15) is 22.2 Å². The Kier molecular flexibility index (Phi) is 6.03. The SMILES string of the molecule is O=S(=O)(Nc1cscn1)c1cc(Cl)c(Oc2ccc(C(F)(F)F)cc2-c2cn[nH]c2)cc1F. The number of alkyl halides is 3. The first-order chi connectivity index (χ1) is 15.5. The number of sulfonamides is 1. The van der Waals surface area contributed by atoms with Gasteiger partial charge in [0.25, 0.3) is 10.0 Å². The van der Waals surface area contributed by atoms with Gasteiger partial charge in [-0.05, 0) is 24.3 Å². The monoisotopic (exact) mass is 518 g/mol. The van der Waals surface area contributed by atoms with Crippen molar-refractivity contribution in [1.82, 2.24) is 15.2 Å². The van der Waals surface area contributed by atoms with Crippen LogP contribution in [-0.2, 0) is 16.2 Å². The standard InChI is InChI=1S/C19H11ClF4N4O3S2/c20-13-4-17(33(29,30)28-18-8-32-9-25-18)14(21)5-16(13)31-15-2-1-11(19(22,23)24)3-12(15)10-6-26-27-7-10/h1-9,28H,(H,26,27). The van der Waals surface area contributed by atoms with E-state index in [9.17, 15) is 26.0 Å². The second-order valence-corrected chi connectivity index (χ2v) is 9.27. The molecular formula is C19H11ClF4N4O3S2. The molecule has 4 rings (SSSR count). The van der Waals surface area contributed by atoms with Gasteiger partial charge in [-0.1, -0.05) is 11.6 Å². The van der Waals surface area contributed by atoms with Gasteiger partial charge in [0.15, 0.2) is 5.82 Å². The first kappa shape index (κ1) is 23.0. The predicted octanol–water partition coefficient (Wildman–Crippen LogP) is 5.94. The largest absolute Gasteiger partial charge is 0.455 e. The number of nitrogens with zero attached hydrogens (tertiary/aromatic N) is 2. The Morgan fingerprint density at radius 1 is 1.15 bits per heavy atom. The molecule has 14 heteroatoms. The summed E-state index contributed by atoms with van der Waals surface area (Å²) < 4.78 is 86.9. The molecule has 0 spiro atoms. The maximum atomic E-state index is 14.7. The van der Waals surface area contributed by atoms with Gasteiger partial charge in [-0.3, -0.25) is 9.82 Å². The van der Waals surface area contributed by atoms with Crippen molar-refractivity contribution >= 4 is 38.8 Å². The maximum absolute atomic E-state index is 14.7. The predicted molar refractivity (Wildman–Crippen MR) is 113 cm³/mol. The van der Waals surface area contributed by atoms with Crippen LogP contribution in [0.25, 0.3) is 11.1 Å². The van der Waals surface area contributed by atoms with E-state index in [-0.39, 0.29) is 33.5 Å². The third-order valence-corrected chi connectivity index (χ3v) is 6.53. The Hall–Kier alpha value is -3.16. The number of benzene rings is 2. The van der Waals surface area contributed by atoms with Gasteiger partial charge in [0.05, 0.1) is 22.3 Å². The van der Waals surface area contributed by atoms with Crippen molar-refractivity contribution in [3.63, 3.8) is 0 Å². The van der Waals surface area contributed by atoms with Crippen molar-refractivity contribution in [3.8, 4) is 22.6 Å². The Bertz CT molecular complexity index is 1390. The zero-order valence-electron chi connectivity index (χ0n) is 16.0. The van der Waals surface area contributed by atoms with Gasteiger partial charge >= 0.3 is 6.18 Å². The molecule has 0 bridgehead atoms. The summed E-state index contributed by atoms with van der Waals surface area (Å²) in [5.41, 5.74) is 0.744. The van der Waals surface area contributed by atoms with E-state index in [1.165, 1.54) is 23.3 Å². The molecule has 2 aromatic heterocycles. The van der Waals surface area contributed by atoms with Gasteiger partial charge in [-0.25, -0.2) is 17.8 Å². The van der Waals surface area contributed by atoms with Crippen LogP contribution >= 0.6 is 22.9 Å². The first-order valence-corrected chi connectivity index (χ1v) is 11.6. The number of nitrogens with one attached hydrogen (secondary N) is 2. The number of ether oxygens (including phenoxy) is 1. The fourth-order valence-corrected chi connectivity index (χ4v) is 4.70. The highest BCUT2D eigenvalue weighted by molar-refractivity contribution is 7.92. The lowest BCUT2D eigenvalue weighted by molar-refractivity contribution is -0.137. The van der Waals surface area contributed by atoms with E-state index in [0.29, 0.717) is 0 Å². The van der Waals surface area contributed by atoms with Crippen molar-refractivity contribution in [3.05, 3.63) is 70.0 Å². The average Bonchev–Trinajstić information content (AvgIpc) is 3.43. The average molecular weight is 519 g/mol. The molecule has 0 unspecified atom stereocenters. The summed E-state index contributed by atoms with van der Waals surface area (Å²) in [7, 11) is -4.35. The Balaban J connectivity index is 1.71. The quantitative estimate of drug-likeness (QED) is 0.308. The van der Waals surface area contributed by atoms with E-state index < -0.39 is 32.5 Å². The molecule has 0 aliphatic heterocycles. The summed E-state index contributed by atoms with van der Waals surface area (Å²) in [6.07, 6.45) is -1.98. The van der Waals surface area contributed by atoms with Crippen molar-refractivity contribution in [1.29, 1.82) is 0 Å². The Morgan fingerprint density at radius 2 is 1.94 bits per heavy atom. The zero-order chi connectivity index (χ0) is 23.8. The lowest BCUT2D eigenvalue weighted by Gasteiger charge is -2.15. The molecule has 33 heavy (non-hydrogen) atoms. The summed E-state index contributed by atoms with van der Waals surface area (Å²) in [5, 5.41) is 7.33. The number of rotatable bonds is 6. The van der Waals surface area contributed by atoms with Crippen molar-refractivity contribution in [2.24, 2.45) is 0 Å². The molecule has 4 aromatic rings. The van der Waals surface area contributed by atoms with Crippen LogP contribution in [0.5, 0.6) is 11.5 Å². The van der Waals surface area contributed by atoms with Crippen LogP contribution in [0.2, 0.25) is 5.02 Å². The number of hydrogen-bond donors (Lipinski definition) is 2. The third-order valence-electron chi connectivity index (χ3n) is 4.28. The summed E-state index contributed by atoms with van der Waals surface area (Å²) in [6, 6.07) is 4.26. The van der Waals surface area contributed by atoms with Gasteiger partial charge in [-0.2, -0.15) is 18.3 Å². The maximum Gasteiger partial charge on any atom is 0.416 e. The highest BCUT2D eigenvalue weighted by Gasteiger charge is 2.32. The fraction of sp³-hybridized carbons (Fsp3) is 0.0526. The number of anilines is 1. The second kappa shape index (κ2) is 8.65. The van der Waals surface area contributed by atoms with Crippen molar-refractivity contribution in [2.45, 2.75) is 11.1 Å². The second-order valence-electron chi connectivity index (χ2n) is 6.49. The Labute approximate surface area is 193 Å². The highest BCUT2D eigenvalue weighted by Crippen LogP contribution is 2.41. The highest BCUT2D eigenvalue weighted by atomic mass is 35.5. The van der Waals surface area contributed by atoms with Crippen LogP contribution < -0.4 is 9.46 Å². The molecule has 7 nitrogen and oxygen atoms in total. The molecule has 2 aromatic carbocycles. The lowest BCUT2D eigenvalue weighted by Crippen LogP contribution is -2.15. The number of thiazole rings is 1. The normalized spacial score (nSPS) is 12.0. The Morgan fingerprint density at radius 3 is 2.58 bits per heavy atom. The summed E-state index contributed by atoms with van der Waals surface area (Å²) in [5.74, 6) is -1.56. The van der Waals surface area contributed by atoms with Crippen LogP contribution in [0.4, 0.5) is 23.4 Å². The van der Waals surface area contributed by atoms with Crippen LogP contribution in [0, 0.1) is 5.82 Å². The van der Waals surface area contributed by atoms with E-state index in [0.717, 1.165) is 41.7 Å². The number of halogens is 5. The van der Waals surface area contributed by atoms with Crippen LogP contribution in [-0.4, -0.2) is 23.6 Å². The van der Waals surface area contributed by atoms with E-state index in [1.807, 2.05) is 0 Å². The van der Waals surface area contributed by atoms with E-state index in [1.54, 1.807) is 0 Å². The van der Waals surface area contributed by atoms with Gasteiger partial charge < -0.3 is 4.74 Å². The fourth-order valence-electron chi connectivity index (χ4n) is 2.79. The lowest BCUT2D eigenvalue weighted by atomic mass is 10.0. The molecule has 0 atom stereocenters. The van der Waals surface area contributed by atoms with Crippen LogP contribution in [0.1, 0.15) is 5.56 Å². The molecule has 172 valence electrons. The first-order valence-electron chi connectivity index (χ1n) is 8.83. The summed E-state index contributed by atoms with van der Waals surface area (Å²) >= 11 is 7.26. The molecule has 0 radical (unpaired) electrons. The van der Waals surface area contributed by atoms with Gasteiger partial charge in [0.2, 0.25) is 0 Å². The molecular weight excluding hydrogens is 508 g/mol. The smallest absolute Gasteiger partial charge is 0.416 e. The van der Waals surface area contributed by atoms with Crippen LogP contribution in [0.3, 0.4) is 0 Å². The zero-order valence-corrected chi connectivity index (χ0v) is 18.4. The van der Waals surface area contributed by atoms with E-state index >= 15 is 0 Å². The molecule has 0 amide bonds. The molecule has 0 saturated heterocycles. The molecule has 0 aliphatic carbocycles.